The third-order valence-electron chi connectivity index (χ3n) is 3.38. The van der Waals surface area contributed by atoms with E-state index in [0.717, 1.165) is 42.7 Å². The Morgan fingerprint density at radius 2 is 2.12 bits per heavy atom. The molecule has 24 heavy (non-hydrogen) atoms. The van der Waals surface area contributed by atoms with Gasteiger partial charge in [-0.1, -0.05) is 0 Å². The Bertz CT molecular complexity index is 526. The molecule has 0 spiro atoms. The second kappa shape index (κ2) is 10.9. The van der Waals surface area contributed by atoms with Gasteiger partial charge in [0.15, 0.2) is 17.5 Å². The average Bonchev–Trinajstić information content (AvgIpc) is 3.06. The number of unbranched alkanes of at least 4 members (excludes halogenated alkanes) is 1. The number of rotatable bonds is 10. The molecule has 0 saturated heterocycles. The summed E-state index contributed by atoms with van der Waals surface area (Å²) in [4.78, 5) is 4.57. The largest absolute Gasteiger partial charge is 0.492 e. The highest BCUT2D eigenvalue weighted by Gasteiger charge is 2.13. The second-order valence-electron chi connectivity index (χ2n) is 5.25. The standard InChI is InChI=1S/C17H27N3O3S/c1-3-18-17(19-8-4-5-11-24-2)20-9-10-21-14-6-7-15-16(12-14)23-13-22-15/h6-7,12H,3-5,8-11,13H2,1-2H3,(H2,18,19,20). The van der Waals surface area contributed by atoms with Crippen LogP contribution in [0.1, 0.15) is 19.8 Å². The Morgan fingerprint density at radius 1 is 1.25 bits per heavy atom. The van der Waals surface area contributed by atoms with E-state index in [1.165, 1.54) is 12.2 Å². The summed E-state index contributed by atoms with van der Waals surface area (Å²) in [5.74, 6) is 4.32. The fraction of sp³-hybridized carbons (Fsp3) is 0.588. The Kier molecular flexibility index (Phi) is 8.45. The Labute approximate surface area is 148 Å². The number of nitrogens with zero attached hydrogens (tertiary/aromatic N) is 1. The van der Waals surface area contributed by atoms with Crippen molar-refractivity contribution >= 4 is 17.7 Å². The van der Waals surface area contributed by atoms with E-state index >= 15 is 0 Å². The molecule has 6 nitrogen and oxygen atoms in total. The van der Waals surface area contributed by atoms with Gasteiger partial charge in [0.1, 0.15) is 12.4 Å². The van der Waals surface area contributed by atoms with Crippen molar-refractivity contribution in [2.24, 2.45) is 4.99 Å². The Hall–Kier alpha value is -1.76. The molecule has 0 radical (unpaired) electrons. The molecule has 0 bridgehead atoms. The number of guanidine groups is 1. The van der Waals surface area contributed by atoms with Crippen molar-refractivity contribution < 1.29 is 14.2 Å². The van der Waals surface area contributed by atoms with Gasteiger partial charge in [-0.05, 0) is 43.9 Å². The Morgan fingerprint density at radius 3 is 2.96 bits per heavy atom. The smallest absolute Gasteiger partial charge is 0.231 e. The minimum absolute atomic E-state index is 0.278. The monoisotopic (exact) mass is 353 g/mol. The summed E-state index contributed by atoms with van der Waals surface area (Å²) >= 11 is 1.88. The van der Waals surface area contributed by atoms with Gasteiger partial charge in [-0.25, -0.2) is 0 Å². The topological polar surface area (TPSA) is 64.1 Å². The zero-order chi connectivity index (χ0) is 17.0. The summed E-state index contributed by atoms with van der Waals surface area (Å²) in [6.45, 7) is 5.27. The minimum atomic E-state index is 0.278. The van der Waals surface area contributed by atoms with Crippen molar-refractivity contribution in [2.45, 2.75) is 19.8 Å². The molecule has 0 amide bonds. The first kappa shape index (κ1) is 18.6. The molecule has 2 rings (SSSR count). The van der Waals surface area contributed by atoms with E-state index in [2.05, 4.69) is 28.8 Å². The minimum Gasteiger partial charge on any atom is -0.492 e. The van der Waals surface area contributed by atoms with E-state index in [4.69, 9.17) is 14.2 Å². The van der Waals surface area contributed by atoms with Gasteiger partial charge >= 0.3 is 0 Å². The molecular formula is C17H27N3O3S. The van der Waals surface area contributed by atoms with E-state index < -0.39 is 0 Å². The lowest BCUT2D eigenvalue weighted by atomic mass is 10.3. The van der Waals surface area contributed by atoms with Gasteiger partial charge in [0.2, 0.25) is 6.79 Å². The van der Waals surface area contributed by atoms with Gasteiger partial charge in [-0.2, -0.15) is 11.8 Å². The first-order valence-corrected chi connectivity index (χ1v) is 9.76. The number of ether oxygens (including phenoxy) is 3. The highest BCUT2D eigenvalue weighted by atomic mass is 32.2. The molecule has 0 saturated carbocycles. The van der Waals surface area contributed by atoms with Crippen molar-refractivity contribution in [3.8, 4) is 17.2 Å². The van der Waals surface area contributed by atoms with Crippen LogP contribution in [0.5, 0.6) is 17.2 Å². The van der Waals surface area contributed by atoms with Gasteiger partial charge in [0, 0.05) is 19.2 Å². The van der Waals surface area contributed by atoms with Crippen LogP contribution in [0.25, 0.3) is 0 Å². The lowest BCUT2D eigenvalue weighted by Gasteiger charge is -2.12. The predicted octanol–water partition coefficient (Wildman–Crippen LogP) is 2.49. The summed E-state index contributed by atoms with van der Waals surface area (Å²) < 4.78 is 16.4. The predicted molar refractivity (Wildman–Crippen MR) is 99.7 cm³/mol. The molecule has 1 aliphatic rings. The van der Waals surface area contributed by atoms with Crippen molar-refractivity contribution in [3.63, 3.8) is 0 Å². The van der Waals surface area contributed by atoms with Gasteiger partial charge < -0.3 is 24.8 Å². The fourth-order valence-corrected chi connectivity index (χ4v) is 2.69. The normalized spacial score (nSPS) is 13.0. The van der Waals surface area contributed by atoms with E-state index in [-0.39, 0.29) is 6.79 Å². The fourth-order valence-electron chi connectivity index (χ4n) is 2.20. The van der Waals surface area contributed by atoms with Crippen LogP contribution in [0.3, 0.4) is 0 Å². The van der Waals surface area contributed by atoms with Gasteiger partial charge in [0.05, 0.1) is 6.54 Å². The second-order valence-corrected chi connectivity index (χ2v) is 6.24. The van der Waals surface area contributed by atoms with Crippen LogP contribution in [0.2, 0.25) is 0 Å². The third-order valence-corrected chi connectivity index (χ3v) is 4.07. The summed E-state index contributed by atoms with van der Waals surface area (Å²) in [5.41, 5.74) is 0. The van der Waals surface area contributed by atoms with Crippen LogP contribution in [0.4, 0.5) is 0 Å². The van der Waals surface area contributed by atoms with E-state index in [9.17, 15) is 0 Å². The number of nitrogens with one attached hydrogen (secondary N) is 2. The first-order chi connectivity index (χ1) is 11.8. The van der Waals surface area contributed by atoms with Crippen molar-refractivity contribution in [2.75, 3.05) is 45.0 Å². The summed E-state index contributed by atoms with van der Waals surface area (Å²) in [6.07, 6.45) is 4.46. The van der Waals surface area contributed by atoms with Crippen molar-refractivity contribution in [1.82, 2.24) is 10.6 Å². The quantitative estimate of drug-likeness (QED) is 0.383. The van der Waals surface area contributed by atoms with Crippen LogP contribution in [0.15, 0.2) is 23.2 Å². The molecule has 1 aromatic rings. The first-order valence-electron chi connectivity index (χ1n) is 8.37. The molecule has 1 heterocycles. The molecule has 1 aliphatic heterocycles. The SMILES string of the molecule is CCNC(=NCCCCSC)NCCOc1ccc2c(c1)OCO2. The van der Waals surface area contributed by atoms with Crippen LogP contribution < -0.4 is 24.8 Å². The molecule has 0 aliphatic carbocycles. The summed E-state index contributed by atoms with van der Waals surface area (Å²) in [5, 5.41) is 6.53. The lowest BCUT2D eigenvalue weighted by molar-refractivity contribution is 0.173. The van der Waals surface area contributed by atoms with Crippen molar-refractivity contribution in [3.05, 3.63) is 18.2 Å². The number of aliphatic imine (C=N–C) groups is 1. The van der Waals surface area contributed by atoms with E-state index in [0.29, 0.717) is 13.2 Å². The molecule has 7 heteroatoms. The maximum absolute atomic E-state index is 5.73. The molecular weight excluding hydrogens is 326 g/mol. The molecule has 0 fully saturated rings. The summed E-state index contributed by atoms with van der Waals surface area (Å²) in [6, 6.07) is 5.61. The molecule has 0 atom stereocenters. The number of thioether (sulfide) groups is 1. The third kappa shape index (κ3) is 6.39. The van der Waals surface area contributed by atoms with Crippen LogP contribution in [-0.4, -0.2) is 51.0 Å². The molecule has 2 N–H and O–H groups in total. The van der Waals surface area contributed by atoms with E-state index in [1.54, 1.807) is 0 Å². The maximum Gasteiger partial charge on any atom is 0.231 e. The maximum atomic E-state index is 5.73. The van der Waals surface area contributed by atoms with E-state index in [1.807, 2.05) is 30.0 Å². The van der Waals surface area contributed by atoms with Gasteiger partial charge in [0.25, 0.3) is 0 Å². The van der Waals surface area contributed by atoms with Gasteiger partial charge in [-0.3, -0.25) is 4.99 Å². The molecule has 0 unspecified atom stereocenters. The van der Waals surface area contributed by atoms with Crippen LogP contribution in [0, 0.1) is 0 Å². The molecule has 0 aromatic heterocycles. The molecule has 134 valence electrons. The summed E-state index contributed by atoms with van der Waals surface area (Å²) in [7, 11) is 0. The lowest BCUT2D eigenvalue weighted by Crippen LogP contribution is -2.39. The van der Waals surface area contributed by atoms with Crippen molar-refractivity contribution in [1.29, 1.82) is 0 Å². The average molecular weight is 353 g/mol. The number of benzene rings is 1. The zero-order valence-corrected chi connectivity index (χ0v) is 15.3. The van der Waals surface area contributed by atoms with Crippen LogP contribution in [-0.2, 0) is 0 Å². The number of hydrogen-bond acceptors (Lipinski definition) is 5. The van der Waals surface area contributed by atoms with Gasteiger partial charge in [-0.15, -0.1) is 0 Å². The highest BCUT2D eigenvalue weighted by molar-refractivity contribution is 7.98. The number of hydrogen-bond donors (Lipinski definition) is 2. The zero-order valence-electron chi connectivity index (χ0n) is 14.5. The number of fused-ring (bicyclic) bond motifs is 1. The highest BCUT2D eigenvalue weighted by Crippen LogP contribution is 2.34. The Balaban J connectivity index is 1.67. The molecule has 1 aromatic carbocycles. The van der Waals surface area contributed by atoms with Crippen LogP contribution >= 0.6 is 11.8 Å².